The summed E-state index contributed by atoms with van der Waals surface area (Å²) in [7, 11) is -1.79. The molecule has 0 aromatic rings. The Morgan fingerprint density at radius 3 is 2.05 bits per heavy atom. The number of aliphatic hydroxyl groups is 1. The molecule has 6 nitrogen and oxygen atoms in total. The van der Waals surface area contributed by atoms with Crippen molar-refractivity contribution in [1.82, 2.24) is 0 Å². The van der Waals surface area contributed by atoms with Crippen LogP contribution in [0.2, 0.25) is 18.1 Å². The van der Waals surface area contributed by atoms with Crippen molar-refractivity contribution in [2.75, 3.05) is 13.2 Å². The highest BCUT2D eigenvalue weighted by atomic mass is 28.4. The zero-order valence-corrected chi connectivity index (χ0v) is 26.9. The van der Waals surface area contributed by atoms with Gasteiger partial charge in [0.2, 0.25) is 0 Å². The van der Waals surface area contributed by atoms with Gasteiger partial charge in [0.05, 0.1) is 24.6 Å². The molecule has 4 fully saturated rings. The molecule has 7 atom stereocenters. The maximum atomic E-state index is 9.67. The van der Waals surface area contributed by atoms with Gasteiger partial charge in [-0.15, -0.1) is 0 Å². The van der Waals surface area contributed by atoms with Crippen LogP contribution in [-0.2, 0) is 23.4 Å². The Kier molecular flexibility index (Phi) is 13.8. The van der Waals surface area contributed by atoms with Crippen molar-refractivity contribution in [2.24, 2.45) is 17.8 Å². The van der Waals surface area contributed by atoms with Gasteiger partial charge in [0.15, 0.2) is 20.9 Å². The minimum Gasteiger partial charge on any atom is -0.516 e. The van der Waals surface area contributed by atoms with Crippen LogP contribution in [0.25, 0.3) is 0 Å². The quantitative estimate of drug-likeness (QED) is 0.154. The van der Waals surface area contributed by atoms with Crippen LogP contribution < -0.4 is 0 Å². The Labute approximate surface area is 246 Å². The van der Waals surface area contributed by atoms with Crippen LogP contribution in [0.1, 0.15) is 117 Å². The molecule has 0 aromatic heterocycles. The number of hydrogen-bond donors (Lipinski definition) is 1. The van der Waals surface area contributed by atoms with Crippen LogP contribution >= 0.6 is 0 Å². The molecule has 2 aliphatic carbocycles. The maximum absolute atomic E-state index is 9.67. The first-order valence-electron chi connectivity index (χ1n) is 17.1. The van der Waals surface area contributed by atoms with Crippen molar-refractivity contribution in [3.8, 4) is 0 Å². The summed E-state index contributed by atoms with van der Waals surface area (Å²) >= 11 is 0. The van der Waals surface area contributed by atoms with Crippen LogP contribution in [0, 0.1) is 17.8 Å². The van der Waals surface area contributed by atoms with Crippen LogP contribution in [0.3, 0.4) is 0 Å². The lowest BCUT2D eigenvalue weighted by Gasteiger charge is -2.37. The van der Waals surface area contributed by atoms with E-state index in [1.165, 1.54) is 51.2 Å². The Morgan fingerprint density at radius 1 is 0.800 bits per heavy atom. The van der Waals surface area contributed by atoms with E-state index in [1.807, 2.05) is 6.08 Å². The summed E-state index contributed by atoms with van der Waals surface area (Å²) in [6, 6.07) is 3.46. The van der Waals surface area contributed by atoms with Gasteiger partial charge in [-0.1, -0.05) is 40.0 Å². The predicted octanol–water partition coefficient (Wildman–Crippen LogP) is 8.66. The topological polar surface area (TPSA) is 66.4 Å². The molecule has 40 heavy (non-hydrogen) atoms. The SMILES string of the molecule is CC[Si](CC)(CC)O[C@H]1C[C@@H](OC2CCCCO2)[C@H](CC[C@@H](OC2CCCCO2)C2CCCCC2)[C@H]1C/C=C\O. The van der Waals surface area contributed by atoms with E-state index in [9.17, 15) is 5.11 Å². The Morgan fingerprint density at radius 2 is 1.45 bits per heavy atom. The lowest BCUT2D eigenvalue weighted by atomic mass is 9.80. The molecule has 0 radical (unpaired) electrons. The number of hydrogen-bond acceptors (Lipinski definition) is 6. The zero-order chi connectivity index (χ0) is 28.2. The van der Waals surface area contributed by atoms with E-state index < -0.39 is 8.32 Å². The summed E-state index contributed by atoms with van der Waals surface area (Å²) in [5, 5.41) is 9.67. The van der Waals surface area contributed by atoms with Gasteiger partial charge in [-0.3, -0.25) is 0 Å². The van der Waals surface area contributed by atoms with Gasteiger partial charge in [0.1, 0.15) is 0 Å². The van der Waals surface area contributed by atoms with Crippen LogP contribution in [0.4, 0.5) is 0 Å². The highest BCUT2D eigenvalue weighted by Gasteiger charge is 2.48. The first kappa shape index (κ1) is 32.5. The molecule has 0 spiro atoms. The van der Waals surface area contributed by atoms with Crippen molar-refractivity contribution in [2.45, 2.75) is 166 Å². The molecule has 232 valence electrons. The van der Waals surface area contributed by atoms with Crippen molar-refractivity contribution in [1.29, 1.82) is 0 Å². The Balaban J connectivity index is 1.52. The molecule has 1 N–H and O–H groups in total. The summed E-state index contributed by atoms with van der Waals surface area (Å²) in [6.07, 6.45) is 20.7. The summed E-state index contributed by atoms with van der Waals surface area (Å²) in [5.74, 6) is 1.34. The molecule has 0 aromatic carbocycles. The van der Waals surface area contributed by atoms with Gasteiger partial charge in [0, 0.05) is 13.2 Å². The van der Waals surface area contributed by atoms with Crippen molar-refractivity contribution < 1.29 is 28.5 Å². The van der Waals surface area contributed by atoms with Gasteiger partial charge in [-0.2, -0.15) is 0 Å². The summed E-state index contributed by atoms with van der Waals surface area (Å²) in [6.45, 7) is 8.58. The van der Waals surface area contributed by atoms with Crippen molar-refractivity contribution in [3.63, 3.8) is 0 Å². The first-order chi connectivity index (χ1) is 19.6. The van der Waals surface area contributed by atoms with E-state index in [-0.39, 0.29) is 30.9 Å². The summed E-state index contributed by atoms with van der Waals surface area (Å²) in [5.41, 5.74) is 0. The largest absolute Gasteiger partial charge is 0.516 e. The van der Waals surface area contributed by atoms with Gasteiger partial charge < -0.3 is 28.5 Å². The Hall–Kier alpha value is -0.443. The molecule has 0 amide bonds. The third-order valence-corrected chi connectivity index (χ3v) is 15.4. The van der Waals surface area contributed by atoms with E-state index in [4.69, 9.17) is 23.4 Å². The number of rotatable bonds is 15. The zero-order valence-electron chi connectivity index (χ0n) is 25.9. The highest BCUT2D eigenvalue weighted by molar-refractivity contribution is 6.73. The summed E-state index contributed by atoms with van der Waals surface area (Å²) < 4.78 is 32.9. The highest BCUT2D eigenvalue weighted by Crippen LogP contribution is 2.45. The average molecular weight is 581 g/mol. The lowest BCUT2D eigenvalue weighted by molar-refractivity contribution is -0.207. The number of allylic oxidation sites excluding steroid dienone is 1. The second-order valence-electron chi connectivity index (χ2n) is 13.0. The predicted molar refractivity (Wildman–Crippen MR) is 163 cm³/mol. The fraction of sp³-hybridized carbons (Fsp3) is 0.939. The van der Waals surface area contributed by atoms with Crippen LogP contribution in [-0.4, -0.2) is 57.5 Å². The minimum absolute atomic E-state index is 0.0404. The fourth-order valence-electron chi connectivity index (χ4n) is 7.99. The van der Waals surface area contributed by atoms with E-state index >= 15 is 0 Å². The molecule has 0 bridgehead atoms. The molecule has 4 aliphatic rings. The molecular formula is C33H60O6Si. The first-order valence-corrected chi connectivity index (χ1v) is 19.7. The molecule has 2 heterocycles. The molecule has 2 saturated heterocycles. The van der Waals surface area contributed by atoms with E-state index in [2.05, 4.69) is 20.8 Å². The van der Waals surface area contributed by atoms with Crippen LogP contribution in [0.5, 0.6) is 0 Å². The van der Waals surface area contributed by atoms with Crippen LogP contribution in [0.15, 0.2) is 12.3 Å². The van der Waals surface area contributed by atoms with Crippen molar-refractivity contribution in [3.05, 3.63) is 12.3 Å². The third-order valence-electron chi connectivity index (χ3n) is 10.7. The Bertz CT molecular complexity index is 703. The standard InChI is InChI=1S/C33H60O6Si/c1-4-40(5-2,6-3)39-31-25-30(38-33-19-11-13-24-36-33)28(27(31)17-14-22-34)20-21-29(26-15-8-7-9-16-26)37-32-18-10-12-23-35-32/h14,22,26-34H,4-13,15-21,23-25H2,1-3H3/b22-14-/t27-,28-,29-,30-,31+,32?,33?/m1/s1. The van der Waals surface area contributed by atoms with E-state index in [0.29, 0.717) is 17.8 Å². The van der Waals surface area contributed by atoms with Gasteiger partial charge >= 0.3 is 0 Å². The smallest absolute Gasteiger partial charge is 0.192 e. The molecular weight excluding hydrogens is 520 g/mol. The molecule has 2 saturated carbocycles. The second kappa shape index (κ2) is 17.0. The molecule has 7 heteroatoms. The number of ether oxygens (including phenoxy) is 4. The van der Waals surface area contributed by atoms with Gasteiger partial charge in [0.25, 0.3) is 0 Å². The fourth-order valence-corrected chi connectivity index (χ4v) is 10.9. The second-order valence-corrected chi connectivity index (χ2v) is 17.7. The lowest BCUT2D eigenvalue weighted by Crippen LogP contribution is -2.41. The maximum Gasteiger partial charge on any atom is 0.192 e. The third kappa shape index (κ3) is 9.03. The number of aliphatic hydroxyl groups excluding tert-OH is 1. The average Bonchev–Trinajstić information content (AvgIpc) is 3.33. The normalized spacial score (nSPS) is 33.5. The summed E-state index contributed by atoms with van der Waals surface area (Å²) in [4.78, 5) is 0. The van der Waals surface area contributed by atoms with Gasteiger partial charge in [-0.05, 0) is 119 Å². The molecule has 2 aliphatic heterocycles. The molecule has 4 rings (SSSR count). The van der Waals surface area contributed by atoms with E-state index in [0.717, 1.165) is 82.7 Å². The monoisotopic (exact) mass is 580 g/mol. The van der Waals surface area contributed by atoms with E-state index in [1.54, 1.807) is 0 Å². The minimum atomic E-state index is -1.79. The van der Waals surface area contributed by atoms with Crippen molar-refractivity contribution >= 4 is 8.32 Å². The molecule has 2 unspecified atom stereocenters. The van der Waals surface area contributed by atoms with Gasteiger partial charge in [-0.25, -0.2) is 0 Å².